The van der Waals surface area contributed by atoms with Crippen LogP contribution in [-0.4, -0.2) is 28.4 Å². The van der Waals surface area contributed by atoms with E-state index in [1.54, 1.807) is 12.3 Å². The molecule has 5 nitrogen and oxygen atoms in total. The molecule has 0 saturated carbocycles. The summed E-state index contributed by atoms with van der Waals surface area (Å²) in [6, 6.07) is 3.61. The van der Waals surface area contributed by atoms with Crippen molar-refractivity contribution in [1.29, 1.82) is 0 Å². The van der Waals surface area contributed by atoms with E-state index in [4.69, 9.17) is 0 Å². The molecule has 1 aromatic carbocycles. The second-order valence-electron chi connectivity index (χ2n) is 3.12. The number of benzene rings is 1. The highest BCUT2D eigenvalue weighted by atomic mass is 16.5. The minimum absolute atomic E-state index is 0.191. The number of aromatic nitrogens is 2. The fourth-order valence-corrected chi connectivity index (χ4v) is 1.47. The van der Waals surface area contributed by atoms with Gasteiger partial charge in [-0.1, -0.05) is 6.07 Å². The zero-order valence-corrected chi connectivity index (χ0v) is 7.93. The Bertz CT molecular complexity index is 478. The third kappa shape index (κ3) is 1.76. The number of ether oxygens (including phenoxy) is 1. The fourth-order valence-electron chi connectivity index (χ4n) is 1.47. The van der Waals surface area contributed by atoms with Crippen LogP contribution in [0, 0.1) is 0 Å². The van der Waals surface area contributed by atoms with Gasteiger partial charge in [0.1, 0.15) is 5.75 Å². The van der Waals surface area contributed by atoms with Crippen LogP contribution in [0.25, 0.3) is 10.9 Å². The number of carbonyl (C=O) groups excluding carboxylic acids is 1. The van der Waals surface area contributed by atoms with Crippen molar-refractivity contribution >= 4 is 17.4 Å². The zero-order chi connectivity index (χ0) is 10.7. The van der Waals surface area contributed by atoms with Crippen LogP contribution < -0.4 is 0 Å². The Kier molecular flexibility index (Phi) is 2.53. The molecule has 78 valence electrons. The predicted octanol–water partition coefficient (Wildman–Crippen LogP) is 0.984. The first-order valence-electron chi connectivity index (χ1n) is 4.52. The lowest BCUT2D eigenvalue weighted by Crippen LogP contribution is -1.96. The minimum atomic E-state index is 0.191. The number of H-pyrrole nitrogens is 1. The molecule has 2 aromatic rings. The molecule has 2 N–H and O–H groups in total. The molecule has 15 heavy (non-hydrogen) atoms. The van der Waals surface area contributed by atoms with Crippen molar-refractivity contribution in [2.45, 2.75) is 6.42 Å². The number of aromatic amines is 1. The third-order valence-corrected chi connectivity index (χ3v) is 2.24. The molecule has 0 bridgehead atoms. The number of nitrogens with one attached hydrogen (secondary N) is 1. The molecule has 0 aliphatic carbocycles. The topological polar surface area (TPSA) is 75.2 Å². The van der Waals surface area contributed by atoms with Crippen molar-refractivity contribution in [3.05, 3.63) is 23.9 Å². The third-order valence-electron chi connectivity index (χ3n) is 2.24. The average Bonchev–Trinajstić information content (AvgIpc) is 2.70. The number of rotatable bonds is 4. The Balaban J connectivity index is 2.27. The summed E-state index contributed by atoms with van der Waals surface area (Å²) < 4.78 is 4.57. The number of phenols is 1. The van der Waals surface area contributed by atoms with Crippen LogP contribution in [-0.2, 0) is 16.0 Å². The Morgan fingerprint density at radius 1 is 1.53 bits per heavy atom. The van der Waals surface area contributed by atoms with Crippen LogP contribution in [0.2, 0.25) is 0 Å². The Labute approximate surface area is 85.7 Å². The molecule has 5 heteroatoms. The van der Waals surface area contributed by atoms with Gasteiger partial charge in [0.25, 0.3) is 6.47 Å². The molecule has 0 amide bonds. The molecule has 1 aromatic heterocycles. The van der Waals surface area contributed by atoms with E-state index in [-0.39, 0.29) is 12.4 Å². The van der Waals surface area contributed by atoms with Crippen molar-refractivity contribution < 1.29 is 14.6 Å². The Hall–Kier alpha value is -2.04. The van der Waals surface area contributed by atoms with Gasteiger partial charge in [-0.25, -0.2) is 0 Å². The van der Waals surface area contributed by atoms with Crippen LogP contribution in [0.15, 0.2) is 18.3 Å². The first-order valence-corrected chi connectivity index (χ1v) is 4.52. The molecule has 0 fully saturated rings. The van der Waals surface area contributed by atoms with E-state index in [0.717, 1.165) is 11.1 Å². The van der Waals surface area contributed by atoms with Gasteiger partial charge >= 0.3 is 0 Å². The summed E-state index contributed by atoms with van der Waals surface area (Å²) in [5.74, 6) is 0.191. The molecule has 0 aliphatic heterocycles. The number of hydrogen-bond acceptors (Lipinski definition) is 4. The van der Waals surface area contributed by atoms with Crippen molar-refractivity contribution in [3.63, 3.8) is 0 Å². The van der Waals surface area contributed by atoms with E-state index in [2.05, 4.69) is 14.9 Å². The highest BCUT2D eigenvalue weighted by molar-refractivity contribution is 5.85. The first kappa shape index (κ1) is 9.51. The second-order valence-corrected chi connectivity index (χ2v) is 3.12. The summed E-state index contributed by atoms with van der Waals surface area (Å²) >= 11 is 0. The molecule has 0 unspecified atom stereocenters. The van der Waals surface area contributed by atoms with Crippen molar-refractivity contribution in [2.24, 2.45) is 0 Å². The summed E-state index contributed by atoms with van der Waals surface area (Å²) in [7, 11) is 0. The van der Waals surface area contributed by atoms with Crippen LogP contribution >= 0.6 is 0 Å². The Morgan fingerprint density at radius 3 is 3.20 bits per heavy atom. The molecule has 0 aliphatic rings. The predicted molar refractivity (Wildman–Crippen MR) is 53.5 cm³/mol. The van der Waals surface area contributed by atoms with Crippen LogP contribution in [0.3, 0.4) is 0 Å². The van der Waals surface area contributed by atoms with E-state index in [1.807, 2.05) is 6.07 Å². The molecule has 0 spiro atoms. The van der Waals surface area contributed by atoms with E-state index in [9.17, 15) is 9.90 Å². The number of nitrogens with zero attached hydrogens (tertiary/aromatic N) is 1. The van der Waals surface area contributed by atoms with E-state index in [1.165, 1.54) is 0 Å². The zero-order valence-electron chi connectivity index (χ0n) is 7.93. The van der Waals surface area contributed by atoms with E-state index >= 15 is 0 Å². The van der Waals surface area contributed by atoms with Gasteiger partial charge in [-0.2, -0.15) is 5.10 Å². The highest BCUT2D eigenvalue weighted by Crippen LogP contribution is 2.27. The lowest BCUT2D eigenvalue weighted by atomic mass is 10.1. The van der Waals surface area contributed by atoms with Crippen molar-refractivity contribution in [1.82, 2.24) is 10.2 Å². The standard InChI is InChI=1S/C10H10N2O3/c13-6-15-4-3-7-1-2-9-8(10(7)14)5-11-12-9/h1-2,5-6,14H,3-4H2,(H,11,12). The smallest absolute Gasteiger partial charge is 0.293 e. The first-order chi connectivity index (χ1) is 7.33. The lowest BCUT2D eigenvalue weighted by molar-refractivity contribution is -0.128. The molecular formula is C10H10N2O3. The normalized spacial score (nSPS) is 10.4. The number of aromatic hydroxyl groups is 1. The quantitative estimate of drug-likeness (QED) is 0.577. The average molecular weight is 206 g/mol. The Morgan fingerprint density at radius 2 is 2.40 bits per heavy atom. The van der Waals surface area contributed by atoms with E-state index in [0.29, 0.717) is 18.3 Å². The molecular weight excluding hydrogens is 196 g/mol. The maximum Gasteiger partial charge on any atom is 0.293 e. The number of phenolic OH excluding ortho intramolecular Hbond substituents is 1. The summed E-state index contributed by atoms with van der Waals surface area (Å²) in [6.45, 7) is 0.661. The summed E-state index contributed by atoms with van der Waals surface area (Å²) in [5, 5.41) is 17.1. The van der Waals surface area contributed by atoms with Gasteiger partial charge in [0, 0.05) is 6.42 Å². The minimum Gasteiger partial charge on any atom is -0.507 e. The second kappa shape index (κ2) is 4.00. The van der Waals surface area contributed by atoms with Crippen LogP contribution in [0.1, 0.15) is 5.56 Å². The monoisotopic (exact) mass is 206 g/mol. The number of fused-ring (bicyclic) bond motifs is 1. The molecule has 0 atom stereocenters. The largest absolute Gasteiger partial charge is 0.507 e. The van der Waals surface area contributed by atoms with Gasteiger partial charge in [0.2, 0.25) is 0 Å². The van der Waals surface area contributed by atoms with Crippen molar-refractivity contribution in [2.75, 3.05) is 6.61 Å². The van der Waals surface area contributed by atoms with Crippen LogP contribution in [0.4, 0.5) is 0 Å². The maximum atomic E-state index is 9.95. The van der Waals surface area contributed by atoms with Gasteiger partial charge in [-0.3, -0.25) is 9.89 Å². The summed E-state index contributed by atoms with van der Waals surface area (Å²) in [4.78, 5) is 9.95. The number of carbonyl (C=O) groups is 1. The van der Waals surface area contributed by atoms with Gasteiger partial charge < -0.3 is 9.84 Å². The van der Waals surface area contributed by atoms with Gasteiger partial charge in [0.05, 0.1) is 23.7 Å². The molecule has 2 rings (SSSR count). The maximum absolute atomic E-state index is 9.95. The molecule has 0 saturated heterocycles. The summed E-state index contributed by atoms with van der Waals surface area (Å²) in [5.41, 5.74) is 1.53. The fraction of sp³-hybridized carbons (Fsp3) is 0.200. The molecule has 1 heterocycles. The highest BCUT2D eigenvalue weighted by Gasteiger charge is 2.07. The lowest BCUT2D eigenvalue weighted by Gasteiger charge is -2.04. The van der Waals surface area contributed by atoms with Crippen molar-refractivity contribution in [3.8, 4) is 5.75 Å². The van der Waals surface area contributed by atoms with Gasteiger partial charge in [-0.15, -0.1) is 0 Å². The SMILES string of the molecule is O=COCCc1ccc2[nH]ncc2c1O. The molecule has 0 radical (unpaired) electrons. The summed E-state index contributed by atoms with van der Waals surface area (Å²) in [6.07, 6.45) is 2.06. The van der Waals surface area contributed by atoms with Gasteiger partial charge in [0.15, 0.2) is 0 Å². The van der Waals surface area contributed by atoms with Crippen LogP contribution in [0.5, 0.6) is 5.75 Å². The van der Waals surface area contributed by atoms with Gasteiger partial charge in [-0.05, 0) is 11.6 Å². The van der Waals surface area contributed by atoms with E-state index < -0.39 is 0 Å². The number of hydrogen-bond donors (Lipinski definition) is 2.